The van der Waals surface area contributed by atoms with Crippen molar-refractivity contribution in [2.24, 2.45) is 5.41 Å². The molecule has 0 unspecified atom stereocenters. The molecule has 72 valence electrons. The van der Waals surface area contributed by atoms with Gasteiger partial charge in [0.1, 0.15) is 6.29 Å². The van der Waals surface area contributed by atoms with Crippen molar-refractivity contribution in [1.29, 1.82) is 0 Å². The van der Waals surface area contributed by atoms with E-state index in [9.17, 15) is 4.79 Å². The molecule has 2 aliphatic heterocycles. The number of likely N-dealkylation sites (tertiary alicyclic amines) is 1. The van der Waals surface area contributed by atoms with Crippen LogP contribution in [0.1, 0.15) is 6.42 Å². The topological polar surface area (TPSA) is 29.5 Å². The van der Waals surface area contributed by atoms with Gasteiger partial charge >= 0.3 is 0 Å². The van der Waals surface area contributed by atoms with E-state index in [2.05, 4.69) is 4.90 Å². The zero-order valence-corrected chi connectivity index (χ0v) is 7.74. The van der Waals surface area contributed by atoms with Gasteiger partial charge in [0.05, 0.1) is 13.2 Å². The third-order valence-electron chi connectivity index (χ3n) is 2.91. The molecule has 3 nitrogen and oxygen atoms in total. The van der Waals surface area contributed by atoms with Gasteiger partial charge in [-0.2, -0.15) is 0 Å². The third kappa shape index (κ3) is 1.81. The molecular weight excluding hydrogens is 166 g/mol. The molecule has 0 aromatic carbocycles. The first kappa shape index (κ1) is 8.91. The molecule has 2 saturated heterocycles. The average Bonchev–Trinajstić information content (AvgIpc) is 2.49. The molecule has 2 aliphatic rings. The molecule has 0 aliphatic carbocycles. The van der Waals surface area contributed by atoms with Crippen molar-refractivity contribution in [1.82, 2.24) is 4.90 Å². The van der Waals surface area contributed by atoms with Crippen molar-refractivity contribution >= 4 is 6.29 Å². The van der Waals surface area contributed by atoms with Crippen molar-refractivity contribution in [3.63, 3.8) is 0 Å². The van der Waals surface area contributed by atoms with E-state index in [1.807, 2.05) is 6.08 Å². The van der Waals surface area contributed by atoms with E-state index in [1.54, 1.807) is 6.08 Å². The molecule has 0 N–H and O–H groups in total. The summed E-state index contributed by atoms with van der Waals surface area (Å²) in [5, 5.41) is 0. The quantitative estimate of drug-likeness (QED) is 0.468. The zero-order valence-electron chi connectivity index (χ0n) is 7.74. The smallest absolute Gasteiger partial charge is 0.142 e. The molecule has 0 atom stereocenters. The SMILES string of the molecule is O=CC=CCN1CCC2(COC2)C1. The van der Waals surface area contributed by atoms with E-state index in [4.69, 9.17) is 4.74 Å². The van der Waals surface area contributed by atoms with Gasteiger partial charge in [0.25, 0.3) is 0 Å². The fraction of sp³-hybridized carbons (Fsp3) is 0.700. The van der Waals surface area contributed by atoms with E-state index in [0.29, 0.717) is 5.41 Å². The van der Waals surface area contributed by atoms with Gasteiger partial charge in [-0.05, 0) is 19.0 Å². The summed E-state index contributed by atoms with van der Waals surface area (Å²) in [6.07, 6.45) is 5.58. The number of rotatable bonds is 3. The van der Waals surface area contributed by atoms with Gasteiger partial charge in [0.15, 0.2) is 0 Å². The predicted octanol–water partition coefficient (Wildman–Crippen LogP) is 0.464. The first-order valence-electron chi connectivity index (χ1n) is 4.75. The Balaban J connectivity index is 1.77. The van der Waals surface area contributed by atoms with E-state index >= 15 is 0 Å². The number of hydrogen-bond acceptors (Lipinski definition) is 3. The second-order valence-electron chi connectivity index (χ2n) is 4.04. The van der Waals surface area contributed by atoms with Gasteiger partial charge < -0.3 is 4.74 Å². The fourth-order valence-corrected chi connectivity index (χ4v) is 2.08. The molecule has 1 spiro atoms. The van der Waals surface area contributed by atoms with E-state index < -0.39 is 0 Å². The second-order valence-corrected chi connectivity index (χ2v) is 4.04. The molecule has 2 rings (SSSR count). The van der Waals surface area contributed by atoms with E-state index in [1.165, 1.54) is 6.42 Å². The summed E-state index contributed by atoms with van der Waals surface area (Å²) in [6, 6.07) is 0. The highest BCUT2D eigenvalue weighted by molar-refractivity contribution is 5.64. The highest BCUT2D eigenvalue weighted by Crippen LogP contribution is 2.37. The highest BCUT2D eigenvalue weighted by atomic mass is 16.5. The van der Waals surface area contributed by atoms with Crippen molar-refractivity contribution in [3.8, 4) is 0 Å². The molecule has 2 fully saturated rings. The minimum Gasteiger partial charge on any atom is -0.380 e. The molecule has 0 aromatic heterocycles. The lowest BCUT2D eigenvalue weighted by atomic mass is 9.85. The maximum atomic E-state index is 10.0. The highest BCUT2D eigenvalue weighted by Gasteiger charge is 2.43. The average molecular weight is 181 g/mol. The summed E-state index contributed by atoms with van der Waals surface area (Å²) < 4.78 is 5.23. The molecule has 3 heteroatoms. The number of carbonyl (C=O) groups is 1. The van der Waals surface area contributed by atoms with Gasteiger partial charge in [-0.25, -0.2) is 0 Å². The van der Waals surface area contributed by atoms with Gasteiger partial charge in [0.2, 0.25) is 0 Å². The Labute approximate surface area is 78.4 Å². The number of hydrogen-bond donors (Lipinski definition) is 0. The molecule has 13 heavy (non-hydrogen) atoms. The lowest BCUT2D eigenvalue weighted by Crippen LogP contribution is -2.44. The van der Waals surface area contributed by atoms with Gasteiger partial charge in [-0.1, -0.05) is 6.08 Å². The maximum Gasteiger partial charge on any atom is 0.142 e. The zero-order chi connectivity index (χ0) is 9.15. The number of carbonyl (C=O) groups excluding carboxylic acids is 1. The standard InChI is InChI=1S/C10H15NO2/c12-6-2-1-4-11-5-3-10(7-11)8-13-9-10/h1-2,6H,3-5,7-9H2. The largest absolute Gasteiger partial charge is 0.380 e. The van der Waals surface area contributed by atoms with Crippen LogP contribution in [-0.4, -0.2) is 44.0 Å². The van der Waals surface area contributed by atoms with Crippen molar-refractivity contribution in [2.45, 2.75) is 6.42 Å². The van der Waals surface area contributed by atoms with Crippen molar-refractivity contribution < 1.29 is 9.53 Å². The molecule has 2 heterocycles. The number of aldehydes is 1. The molecule has 0 bridgehead atoms. The summed E-state index contributed by atoms with van der Waals surface area (Å²) in [4.78, 5) is 12.4. The Morgan fingerprint density at radius 2 is 2.31 bits per heavy atom. The Kier molecular flexibility index (Phi) is 2.47. The minimum absolute atomic E-state index is 0.467. The van der Waals surface area contributed by atoms with Gasteiger partial charge in [0, 0.05) is 18.5 Å². The summed E-state index contributed by atoms with van der Waals surface area (Å²) in [7, 11) is 0. The molecule has 0 radical (unpaired) electrons. The van der Waals surface area contributed by atoms with Crippen LogP contribution in [0.4, 0.5) is 0 Å². The summed E-state index contributed by atoms with van der Waals surface area (Å²) in [5.41, 5.74) is 0.467. The van der Waals surface area contributed by atoms with Gasteiger partial charge in [-0.15, -0.1) is 0 Å². The lowest BCUT2D eigenvalue weighted by Gasteiger charge is -2.37. The Morgan fingerprint density at radius 3 is 2.85 bits per heavy atom. The summed E-state index contributed by atoms with van der Waals surface area (Å²) >= 11 is 0. The molecular formula is C10H15NO2. The van der Waals surface area contributed by atoms with Crippen molar-refractivity contribution in [3.05, 3.63) is 12.2 Å². The summed E-state index contributed by atoms with van der Waals surface area (Å²) in [6.45, 7) is 5.05. The number of allylic oxidation sites excluding steroid dienone is 1. The van der Waals surface area contributed by atoms with Crippen molar-refractivity contribution in [2.75, 3.05) is 32.8 Å². The van der Waals surface area contributed by atoms with Crippen LogP contribution in [0.3, 0.4) is 0 Å². The van der Waals surface area contributed by atoms with E-state index in [0.717, 1.165) is 39.1 Å². The molecule has 0 saturated carbocycles. The van der Waals surface area contributed by atoms with Crippen LogP contribution in [0.15, 0.2) is 12.2 Å². The Hall–Kier alpha value is -0.670. The van der Waals surface area contributed by atoms with Crippen LogP contribution in [0.2, 0.25) is 0 Å². The first-order chi connectivity index (χ1) is 6.35. The minimum atomic E-state index is 0.467. The number of nitrogens with zero attached hydrogens (tertiary/aromatic N) is 1. The van der Waals surface area contributed by atoms with Crippen LogP contribution >= 0.6 is 0 Å². The van der Waals surface area contributed by atoms with E-state index in [-0.39, 0.29) is 0 Å². The summed E-state index contributed by atoms with van der Waals surface area (Å²) in [5.74, 6) is 0. The van der Waals surface area contributed by atoms with Crippen LogP contribution < -0.4 is 0 Å². The molecule has 0 aromatic rings. The maximum absolute atomic E-state index is 10.0. The molecule has 0 amide bonds. The van der Waals surface area contributed by atoms with Crippen LogP contribution in [0.25, 0.3) is 0 Å². The first-order valence-corrected chi connectivity index (χ1v) is 4.75. The van der Waals surface area contributed by atoms with Crippen LogP contribution in [-0.2, 0) is 9.53 Å². The number of ether oxygens (including phenoxy) is 1. The Morgan fingerprint density at radius 1 is 1.46 bits per heavy atom. The lowest BCUT2D eigenvalue weighted by molar-refractivity contribution is -0.104. The fourth-order valence-electron chi connectivity index (χ4n) is 2.08. The monoisotopic (exact) mass is 181 g/mol. The Bertz CT molecular complexity index is 221. The predicted molar refractivity (Wildman–Crippen MR) is 49.5 cm³/mol. The second kappa shape index (κ2) is 3.60. The third-order valence-corrected chi connectivity index (χ3v) is 2.91. The van der Waals surface area contributed by atoms with Gasteiger partial charge in [-0.3, -0.25) is 9.69 Å². The normalized spacial score (nSPS) is 26.8. The van der Waals surface area contributed by atoms with Crippen LogP contribution in [0.5, 0.6) is 0 Å². The van der Waals surface area contributed by atoms with Crippen LogP contribution in [0, 0.1) is 5.41 Å².